The molecule has 0 radical (unpaired) electrons. The maximum Gasteiger partial charge on any atom is 0.349 e. The number of carbonyl (C=O) groups excluding carboxylic acids is 1. The Hall–Kier alpha value is -2.95. The SMILES string of the molecule is O=C(NCCc1ccccc1F)c1cc2ccccc2oc1=O. The lowest BCUT2D eigenvalue weighted by atomic mass is 10.1. The van der Waals surface area contributed by atoms with Gasteiger partial charge in [-0.1, -0.05) is 36.4 Å². The number of hydrogen-bond donors (Lipinski definition) is 1. The average Bonchev–Trinajstić information content (AvgIpc) is 2.56. The van der Waals surface area contributed by atoms with Crippen LogP contribution in [0.2, 0.25) is 0 Å². The molecule has 0 aliphatic carbocycles. The molecule has 3 rings (SSSR count). The molecule has 1 heterocycles. The maximum atomic E-state index is 13.5. The van der Waals surface area contributed by atoms with Crippen molar-refractivity contribution in [3.8, 4) is 0 Å². The first kappa shape index (κ1) is 15.0. The molecule has 0 unspecified atom stereocenters. The van der Waals surface area contributed by atoms with Crippen LogP contribution in [0.4, 0.5) is 4.39 Å². The second kappa shape index (κ2) is 6.44. The summed E-state index contributed by atoms with van der Waals surface area (Å²) in [7, 11) is 0. The third-order valence-corrected chi connectivity index (χ3v) is 3.52. The number of rotatable bonds is 4. The molecule has 2 aromatic carbocycles. The van der Waals surface area contributed by atoms with Gasteiger partial charge in [-0.25, -0.2) is 9.18 Å². The Bertz CT molecular complexity index is 917. The fourth-order valence-corrected chi connectivity index (χ4v) is 2.33. The topological polar surface area (TPSA) is 59.3 Å². The molecule has 1 amide bonds. The number of halogens is 1. The Balaban J connectivity index is 1.72. The van der Waals surface area contributed by atoms with E-state index in [4.69, 9.17) is 4.42 Å². The standard InChI is InChI=1S/C18H14FNO3/c19-15-7-3-1-5-12(15)9-10-20-17(21)14-11-13-6-2-4-8-16(13)23-18(14)22/h1-8,11H,9-10H2,(H,20,21). The van der Waals surface area contributed by atoms with Crippen molar-refractivity contribution >= 4 is 16.9 Å². The van der Waals surface area contributed by atoms with Crippen molar-refractivity contribution in [3.05, 3.63) is 82.0 Å². The summed E-state index contributed by atoms with van der Waals surface area (Å²) >= 11 is 0. The van der Waals surface area contributed by atoms with Crippen molar-refractivity contribution in [1.29, 1.82) is 0 Å². The lowest BCUT2D eigenvalue weighted by molar-refractivity contribution is 0.0950. The summed E-state index contributed by atoms with van der Waals surface area (Å²) in [6.45, 7) is 0.228. The van der Waals surface area contributed by atoms with Gasteiger partial charge in [0.05, 0.1) is 0 Å². The number of hydrogen-bond acceptors (Lipinski definition) is 3. The third kappa shape index (κ3) is 3.29. The van der Waals surface area contributed by atoms with Crippen LogP contribution in [0.15, 0.2) is 63.8 Å². The van der Waals surface area contributed by atoms with Crippen molar-refractivity contribution < 1.29 is 13.6 Å². The fraction of sp³-hybridized carbons (Fsp3) is 0.111. The summed E-state index contributed by atoms with van der Waals surface area (Å²) in [5.74, 6) is -0.840. The second-order valence-electron chi connectivity index (χ2n) is 5.08. The number of amides is 1. The quantitative estimate of drug-likeness (QED) is 0.754. The molecule has 0 aliphatic heterocycles. The van der Waals surface area contributed by atoms with Gasteiger partial charge < -0.3 is 9.73 Å². The van der Waals surface area contributed by atoms with Gasteiger partial charge in [0.25, 0.3) is 5.91 Å². The molecule has 0 saturated heterocycles. The first-order valence-corrected chi connectivity index (χ1v) is 7.19. The van der Waals surface area contributed by atoms with Crippen molar-refractivity contribution in [3.63, 3.8) is 0 Å². The van der Waals surface area contributed by atoms with Gasteiger partial charge in [0.2, 0.25) is 0 Å². The Labute approximate surface area is 131 Å². The number of carbonyl (C=O) groups is 1. The summed E-state index contributed by atoms with van der Waals surface area (Å²) in [5.41, 5.74) is 0.197. The van der Waals surface area contributed by atoms with Gasteiger partial charge in [0.1, 0.15) is 17.0 Å². The van der Waals surface area contributed by atoms with Crippen molar-refractivity contribution in [1.82, 2.24) is 5.32 Å². The van der Waals surface area contributed by atoms with E-state index in [0.717, 1.165) is 0 Å². The van der Waals surface area contributed by atoms with E-state index >= 15 is 0 Å². The van der Waals surface area contributed by atoms with Crippen LogP contribution in [0.3, 0.4) is 0 Å². The van der Waals surface area contributed by atoms with E-state index in [0.29, 0.717) is 23.0 Å². The highest BCUT2D eigenvalue weighted by Gasteiger charge is 2.13. The van der Waals surface area contributed by atoms with Gasteiger partial charge in [-0.2, -0.15) is 0 Å². The molecule has 0 aliphatic rings. The lowest BCUT2D eigenvalue weighted by Crippen LogP contribution is -2.30. The van der Waals surface area contributed by atoms with E-state index in [1.54, 1.807) is 42.5 Å². The van der Waals surface area contributed by atoms with Gasteiger partial charge >= 0.3 is 5.63 Å². The predicted molar refractivity (Wildman–Crippen MR) is 84.9 cm³/mol. The maximum absolute atomic E-state index is 13.5. The van der Waals surface area contributed by atoms with E-state index in [2.05, 4.69) is 5.32 Å². The van der Waals surface area contributed by atoms with Crippen molar-refractivity contribution in [2.45, 2.75) is 6.42 Å². The van der Waals surface area contributed by atoms with E-state index in [9.17, 15) is 14.0 Å². The van der Waals surface area contributed by atoms with Gasteiger partial charge in [0, 0.05) is 11.9 Å². The van der Waals surface area contributed by atoms with Gasteiger partial charge in [-0.3, -0.25) is 4.79 Å². The average molecular weight is 311 g/mol. The molecule has 116 valence electrons. The predicted octanol–water partition coefficient (Wildman–Crippen LogP) is 2.90. The zero-order valence-corrected chi connectivity index (χ0v) is 12.2. The normalized spacial score (nSPS) is 10.7. The zero-order chi connectivity index (χ0) is 16.2. The Morgan fingerprint density at radius 3 is 2.65 bits per heavy atom. The van der Waals surface area contributed by atoms with Crippen molar-refractivity contribution in [2.24, 2.45) is 0 Å². The molecule has 0 bridgehead atoms. The number of fused-ring (bicyclic) bond motifs is 1. The van der Waals surface area contributed by atoms with E-state index in [1.165, 1.54) is 12.1 Å². The van der Waals surface area contributed by atoms with Crippen molar-refractivity contribution in [2.75, 3.05) is 6.54 Å². The van der Waals surface area contributed by atoms with Crippen LogP contribution >= 0.6 is 0 Å². The van der Waals surface area contributed by atoms with Gasteiger partial charge in [0.15, 0.2) is 0 Å². The molecule has 0 saturated carbocycles. The molecule has 5 heteroatoms. The van der Waals surface area contributed by atoms with Gasteiger partial charge in [-0.15, -0.1) is 0 Å². The monoisotopic (exact) mass is 311 g/mol. The molecule has 1 N–H and O–H groups in total. The summed E-state index contributed by atoms with van der Waals surface area (Å²) < 4.78 is 18.6. The third-order valence-electron chi connectivity index (χ3n) is 3.52. The van der Waals surface area contributed by atoms with E-state index in [-0.39, 0.29) is 17.9 Å². The van der Waals surface area contributed by atoms with Crippen LogP contribution < -0.4 is 10.9 Å². The minimum atomic E-state index is -0.688. The van der Waals surface area contributed by atoms with Gasteiger partial charge in [-0.05, 0) is 30.2 Å². The summed E-state index contributed by atoms with van der Waals surface area (Å²) in [6, 6.07) is 14.8. The number of nitrogens with one attached hydrogen (secondary N) is 1. The minimum absolute atomic E-state index is 0.0581. The second-order valence-corrected chi connectivity index (χ2v) is 5.08. The summed E-state index contributed by atoms with van der Waals surface area (Å²) in [5, 5.41) is 3.29. The number of para-hydroxylation sites is 1. The molecule has 3 aromatic rings. The summed E-state index contributed by atoms with van der Waals surface area (Å²) in [6.07, 6.45) is 0.345. The highest BCUT2D eigenvalue weighted by atomic mass is 19.1. The van der Waals surface area contributed by atoms with Crippen LogP contribution in [0.1, 0.15) is 15.9 Å². The highest BCUT2D eigenvalue weighted by molar-refractivity contribution is 5.96. The van der Waals surface area contributed by atoms with E-state index < -0.39 is 11.5 Å². The molecule has 0 spiro atoms. The Morgan fingerprint density at radius 1 is 1.09 bits per heavy atom. The summed E-state index contributed by atoms with van der Waals surface area (Å²) in [4.78, 5) is 24.0. The highest BCUT2D eigenvalue weighted by Crippen LogP contribution is 2.12. The van der Waals surface area contributed by atoms with Crippen LogP contribution in [-0.2, 0) is 6.42 Å². The Kier molecular flexibility index (Phi) is 4.19. The number of benzene rings is 2. The van der Waals surface area contributed by atoms with Crippen LogP contribution in [0.25, 0.3) is 11.0 Å². The molecular weight excluding hydrogens is 297 g/mol. The largest absolute Gasteiger partial charge is 0.422 e. The fourth-order valence-electron chi connectivity index (χ4n) is 2.33. The smallest absolute Gasteiger partial charge is 0.349 e. The van der Waals surface area contributed by atoms with Crippen LogP contribution in [0.5, 0.6) is 0 Å². The Morgan fingerprint density at radius 2 is 1.83 bits per heavy atom. The first-order valence-electron chi connectivity index (χ1n) is 7.19. The minimum Gasteiger partial charge on any atom is -0.422 e. The molecular formula is C18H14FNO3. The van der Waals surface area contributed by atoms with Crippen LogP contribution in [0, 0.1) is 5.82 Å². The zero-order valence-electron chi connectivity index (χ0n) is 12.2. The molecule has 4 nitrogen and oxygen atoms in total. The molecule has 0 fully saturated rings. The first-order chi connectivity index (χ1) is 11.1. The molecule has 0 atom stereocenters. The molecule has 23 heavy (non-hydrogen) atoms. The van der Waals surface area contributed by atoms with E-state index in [1.807, 2.05) is 0 Å². The molecule has 1 aromatic heterocycles. The van der Waals surface area contributed by atoms with Crippen LogP contribution in [-0.4, -0.2) is 12.5 Å². The lowest BCUT2D eigenvalue weighted by Gasteiger charge is -2.06.